The van der Waals surface area contributed by atoms with Gasteiger partial charge >= 0.3 is 0 Å². The van der Waals surface area contributed by atoms with Crippen LogP contribution in [0.4, 0.5) is 10.1 Å². The molecule has 1 fully saturated rings. The Hall–Kier alpha value is -3.70. The minimum atomic E-state index is -3.86. The molecule has 0 unspecified atom stereocenters. The van der Waals surface area contributed by atoms with Crippen molar-refractivity contribution in [2.24, 2.45) is 7.05 Å². The maximum absolute atomic E-state index is 14.2. The first-order valence-electron chi connectivity index (χ1n) is 12.3. The molecule has 3 heterocycles. The normalized spacial score (nSPS) is 13.7. The van der Waals surface area contributed by atoms with Crippen LogP contribution in [0.1, 0.15) is 40.2 Å². The molecule has 1 aliphatic rings. The second-order valence-corrected chi connectivity index (χ2v) is 12.6. The second-order valence-electron chi connectivity index (χ2n) is 9.84. The van der Waals surface area contributed by atoms with Crippen LogP contribution in [0, 0.1) is 5.82 Å². The highest BCUT2D eigenvalue weighted by Crippen LogP contribution is 2.40. The fraction of sp³-hybridized carbons (Fsp3) is 0.214. The van der Waals surface area contributed by atoms with Crippen molar-refractivity contribution in [3.63, 3.8) is 0 Å². The highest BCUT2D eigenvalue weighted by Gasteiger charge is 2.28. The number of nitrogens with zero attached hydrogens (tertiary/aromatic N) is 5. The molecule has 6 rings (SSSR count). The van der Waals surface area contributed by atoms with Crippen molar-refractivity contribution < 1.29 is 17.6 Å². The van der Waals surface area contributed by atoms with Crippen LogP contribution in [-0.2, 0) is 23.4 Å². The number of fused-ring (bicyclic) bond motifs is 3. The largest absolute Gasteiger partial charge is 0.303 e. The Morgan fingerprint density at radius 3 is 2.64 bits per heavy atom. The van der Waals surface area contributed by atoms with Gasteiger partial charge < -0.3 is 4.90 Å². The van der Waals surface area contributed by atoms with Gasteiger partial charge in [0, 0.05) is 31.1 Å². The Labute approximate surface area is 232 Å². The fourth-order valence-corrected chi connectivity index (χ4v) is 6.24. The van der Waals surface area contributed by atoms with Crippen molar-refractivity contribution in [2.75, 3.05) is 11.2 Å². The summed E-state index contributed by atoms with van der Waals surface area (Å²) in [7, 11) is -2.01. The lowest BCUT2D eigenvalue weighted by atomic mass is 10.1. The number of hydrogen-bond acceptors (Lipinski definition) is 6. The SMILES string of the molecule is Cn1ncc2c(Br)nc3cc(CN(C(=O)c4cncc(C5CC5)c4)c4ccc(F)cc4S(C)(=O)=O)ccc3c21. The van der Waals surface area contributed by atoms with Crippen molar-refractivity contribution >= 4 is 59.2 Å². The number of aromatic nitrogens is 4. The molecule has 3 aromatic heterocycles. The van der Waals surface area contributed by atoms with Crippen LogP contribution >= 0.6 is 15.9 Å². The summed E-state index contributed by atoms with van der Waals surface area (Å²) in [6, 6.07) is 10.9. The van der Waals surface area contributed by atoms with Crippen LogP contribution in [0.5, 0.6) is 0 Å². The maximum atomic E-state index is 14.2. The Balaban J connectivity index is 1.48. The Morgan fingerprint density at radius 2 is 1.90 bits per heavy atom. The van der Waals surface area contributed by atoms with E-state index in [1.54, 1.807) is 17.1 Å². The van der Waals surface area contributed by atoms with Gasteiger partial charge in [-0.15, -0.1) is 0 Å². The van der Waals surface area contributed by atoms with Gasteiger partial charge in [0.1, 0.15) is 10.4 Å². The highest BCUT2D eigenvalue weighted by atomic mass is 79.9. The van der Waals surface area contributed by atoms with Crippen molar-refractivity contribution in [1.82, 2.24) is 19.7 Å². The third-order valence-electron chi connectivity index (χ3n) is 6.95. The van der Waals surface area contributed by atoms with E-state index < -0.39 is 21.6 Å². The van der Waals surface area contributed by atoms with Gasteiger partial charge in [-0.25, -0.2) is 17.8 Å². The van der Waals surface area contributed by atoms with Gasteiger partial charge in [0.05, 0.1) is 45.3 Å². The van der Waals surface area contributed by atoms with Crippen molar-refractivity contribution in [3.8, 4) is 0 Å². The molecule has 39 heavy (non-hydrogen) atoms. The number of halogens is 2. The zero-order valence-electron chi connectivity index (χ0n) is 21.1. The lowest BCUT2D eigenvalue weighted by molar-refractivity contribution is 0.0984. The summed E-state index contributed by atoms with van der Waals surface area (Å²) in [5.41, 5.74) is 3.71. The molecular formula is C28H23BrFN5O3S. The molecule has 8 nitrogen and oxygen atoms in total. The second kappa shape index (κ2) is 9.49. The standard InChI is InChI=1S/C28H23BrFN5O3S/c1-34-26-21-7-3-16(9-23(21)33-27(29)22(26)14-32-34)15-35(24-8-6-20(30)11-25(24)39(2,37)38)28(36)19-10-18(12-31-13-19)17-4-5-17/h3,6-14,17H,4-5,15H2,1-2H3. The van der Waals surface area contributed by atoms with Crippen LogP contribution in [0.2, 0.25) is 0 Å². The van der Waals surface area contributed by atoms with Crippen LogP contribution in [0.15, 0.2) is 70.6 Å². The summed E-state index contributed by atoms with van der Waals surface area (Å²) in [6.07, 6.45) is 8.06. The van der Waals surface area contributed by atoms with E-state index in [1.165, 1.54) is 17.2 Å². The zero-order chi connectivity index (χ0) is 27.5. The number of benzene rings is 2. The average molecular weight is 608 g/mol. The minimum Gasteiger partial charge on any atom is -0.303 e. The van der Waals surface area contributed by atoms with Gasteiger partial charge in [-0.3, -0.25) is 14.5 Å². The molecule has 0 bridgehead atoms. The van der Waals surface area contributed by atoms with Gasteiger partial charge in [0.2, 0.25) is 0 Å². The third-order valence-corrected chi connectivity index (χ3v) is 8.68. The number of carbonyl (C=O) groups excluding carboxylic acids is 1. The Morgan fingerprint density at radius 1 is 1.10 bits per heavy atom. The Kier molecular flexibility index (Phi) is 6.22. The van der Waals surface area contributed by atoms with E-state index in [1.807, 2.05) is 31.3 Å². The molecule has 198 valence electrons. The smallest absolute Gasteiger partial charge is 0.260 e. The van der Waals surface area contributed by atoms with Gasteiger partial charge in [-0.2, -0.15) is 5.10 Å². The summed E-state index contributed by atoms with van der Waals surface area (Å²) in [4.78, 5) is 24.0. The maximum Gasteiger partial charge on any atom is 0.260 e. The van der Waals surface area contributed by atoms with E-state index in [2.05, 4.69) is 31.0 Å². The number of pyridine rings is 2. The predicted molar refractivity (Wildman–Crippen MR) is 150 cm³/mol. The number of sulfone groups is 1. The molecule has 11 heteroatoms. The lowest BCUT2D eigenvalue weighted by Crippen LogP contribution is -2.32. The van der Waals surface area contributed by atoms with Crippen LogP contribution in [0.3, 0.4) is 0 Å². The molecule has 0 atom stereocenters. The number of hydrogen-bond donors (Lipinski definition) is 0. The predicted octanol–water partition coefficient (Wildman–Crippen LogP) is 5.55. The molecule has 5 aromatic rings. The van der Waals surface area contributed by atoms with Gasteiger partial charge in [-0.05, 0) is 76.1 Å². The van der Waals surface area contributed by atoms with Crippen LogP contribution < -0.4 is 4.90 Å². The van der Waals surface area contributed by atoms with Crippen LogP contribution in [-0.4, -0.2) is 40.3 Å². The van der Waals surface area contributed by atoms with E-state index in [4.69, 9.17) is 0 Å². The minimum absolute atomic E-state index is 0.0271. The molecule has 1 amide bonds. The summed E-state index contributed by atoms with van der Waals surface area (Å²) in [5, 5.41) is 6.10. The highest BCUT2D eigenvalue weighted by molar-refractivity contribution is 9.10. The quantitative estimate of drug-likeness (QED) is 0.235. The molecule has 2 aromatic carbocycles. The molecule has 0 radical (unpaired) electrons. The number of amides is 1. The average Bonchev–Trinajstić information content (AvgIpc) is 3.68. The monoisotopic (exact) mass is 607 g/mol. The summed E-state index contributed by atoms with van der Waals surface area (Å²) >= 11 is 3.52. The first-order valence-corrected chi connectivity index (χ1v) is 14.9. The molecule has 0 aliphatic heterocycles. The van der Waals surface area contributed by atoms with Gasteiger partial charge in [-0.1, -0.05) is 12.1 Å². The molecule has 0 saturated heterocycles. The zero-order valence-corrected chi connectivity index (χ0v) is 23.5. The van der Waals surface area contributed by atoms with E-state index in [0.29, 0.717) is 27.2 Å². The van der Waals surface area contributed by atoms with E-state index in [0.717, 1.165) is 53.1 Å². The molecule has 1 aliphatic carbocycles. The molecule has 0 spiro atoms. The van der Waals surface area contributed by atoms with E-state index >= 15 is 0 Å². The van der Waals surface area contributed by atoms with Crippen molar-refractivity contribution in [1.29, 1.82) is 0 Å². The van der Waals surface area contributed by atoms with E-state index in [9.17, 15) is 17.6 Å². The van der Waals surface area contributed by atoms with Gasteiger partial charge in [0.15, 0.2) is 9.84 Å². The molecule has 0 N–H and O–H groups in total. The number of anilines is 1. The summed E-state index contributed by atoms with van der Waals surface area (Å²) in [5.74, 6) is -0.758. The first-order chi connectivity index (χ1) is 18.6. The Bertz CT molecular complexity index is 1900. The molecular weight excluding hydrogens is 585 g/mol. The topological polar surface area (TPSA) is 98.1 Å². The number of carbonyl (C=O) groups is 1. The summed E-state index contributed by atoms with van der Waals surface area (Å²) < 4.78 is 42.0. The van der Waals surface area contributed by atoms with Crippen molar-refractivity contribution in [2.45, 2.75) is 30.2 Å². The first kappa shape index (κ1) is 25.6. The van der Waals surface area contributed by atoms with Crippen LogP contribution in [0.25, 0.3) is 21.8 Å². The fourth-order valence-electron chi connectivity index (χ4n) is 4.87. The van der Waals surface area contributed by atoms with Crippen molar-refractivity contribution in [3.05, 3.63) is 88.2 Å². The number of rotatable bonds is 6. The van der Waals surface area contributed by atoms with Gasteiger partial charge in [0.25, 0.3) is 5.91 Å². The van der Waals surface area contributed by atoms with E-state index in [-0.39, 0.29) is 17.1 Å². The summed E-state index contributed by atoms with van der Waals surface area (Å²) in [6.45, 7) is 0.0271. The third kappa shape index (κ3) is 4.80. The number of aryl methyl sites for hydroxylation is 1. The lowest BCUT2D eigenvalue weighted by Gasteiger charge is -2.25. The molecule has 1 saturated carbocycles.